The van der Waals surface area contributed by atoms with Crippen LogP contribution in [0.25, 0.3) is 0 Å². The molecule has 1 aromatic carbocycles. The van der Waals surface area contributed by atoms with Gasteiger partial charge in [-0.25, -0.2) is 0 Å². The highest BCUT2D eigenvalue weighted by molar-refractivity contribution is 7.15. The fraction of sp³-hybridized carbons (Fsp3) is 0.444. The van der Waals surface area contributed by atoms with Gasteiger partial charge in [-0.15, -0.1) is 10.2 Å². The molecule has 2 aromatic rings. The molecule has 2 aliphatic rings. The van der Waals surface area contributed by atoms with Crippen LogP contribution >= 0.6 is 11.3 Å². The van der Waals surface area contributed by atoms with Crippen LogP contribution in [-0.4, -0.2) is 35.7 Å². The summed E-state index contributed by atoms with van der Waals surface area (Å²) < 4.78 is 5.14. The minimum absolute atomic E-state index is 0.0530. The lowest BCUT2D eigenvalue weighted by Crippen LogP contribution is -2.28. The van der Waals surface area contributed by atoms with E-state index in [4.69, 9.17) is 4.74 Å². The summed E-state index contributed by atoms with van der Waals surface area (Å²) in [5.41, 5.74) is 0.772. The van der Waals surface area contributed by atoms with E-state index < -0.39 is 0 Å². The summed E-state index contributed by atoms with van der Waals surface area (Å²) in [6.07, 6.45) is 3.73. The van der Waals surface area contributed by atoms with Crippen LogP contribution in [0.4, 0.5) is 10.8 Å². The Balaban J connectivity index is 1.39. The molecule has 2 fully saturated rings. The van der Waals surface area contributed by atoms with Gasteiger partial charge in [0.05, 0.1) is 13.0 Å². The van der Waals surface area contributed by atoms with Crippen molar-refractivity contribution < 1.29 is 14.3 Å². The summed E-state index contributed by atoms with van der Waals surface area (Å²) in [7, 11) is 1.60. The largest absolute Gasteiger partial charge is 0.497 e. The Labute approximate surface area is 155 Å². The molecule has 1 aliphatic carbocycles. The Bertz CT molecular complexity index is 816. The van der Waals surface area contributed by atoms with Gasteiger partial charge < -0.3 is 15.0 Å². The topological polar surface area (TPSA) is 84.4 Å². The molecule has 1 N–H and O–H groups in total. The molecular formula is C18H20N4O3S. The molecule has 2 heterocycles. The lowest BCUT2D eigenvalue weighted by molar-refractivity contribution is -0.122. The number of aromatic nitrogens is 2. The molecule has 4 rings (SSSR count). The van der Waals surface area contributed by atoms with Crippen molar-refractivity contribution in [1.29, 1.82) is 0 Å². The molecule has 2 amide bonds. The van der Waals surface area contributed by atoms with Crippen molar-refractivity contribution in [3.63, 3.8) is 0 Å². The lowest BCUT2D eigenvalue weighted by atomic mass is 9.86. The van der Waals surface area contributed by atoms with Crippen molar-refractivity contribution >= 4 is 34.0 Å². The number of ether oxygens (including phenoxy) is 1. The molecule has 1 atom stereocenters. The number of benzene rings is 1. The van der Waals surface area contributed by atoms with E-state index >= 15 is 0 Å². The van der Waals surface area contributed by atoms with Gasteiger partial charge in [0.15, 0.2) is 0 Å². The Hall–Kier alpha value is -2.48. The molecule has 0 radical (unpaired) electrons. The highest BCUT2D eigenvalue weighted by atomic mass is 32.1. The smallest absolute Gasteiger partial charge is 0.231 e. The van der Waals surface area contributed by atoms with Gasteiger partial charge in [0.1, 0.15) is 10.8 Å². The number of carbonyl (C=O) groups is 2. The third-order valence-electron chi connectivity index (χ3n) is 5.01. The molecule has 0 bridgehead atoms. The van der Waals surface area contributed by atoms with Crippen LogP contribution < -0.4 is 15.0 Å². The third kappa shape index (κ3) is 3.29. The summed E-state index contributed by atoms with van der Waals surface area (Å²) in [6, 6.07) is 7.26. The fourth-order valence-electron chi connectivity index (χ4n) is 3.21. The van der Waals surface area contributed by atoms with Crippen molar-refractivity contribution in [3.8, 4) is 5.75 Å². The maximum absolute atomic E-state index is 12.5. The van der Waals surface area contributed by atoms with Crippen molar-refractivity contribution in [3.05, 3.63) is 29.3 Å². The third-order valence-corrected chi connectivity index (χ3v) is 6.01. The van der Waals surface area contributed by atoms with Crippen molar-refractivity contribution in [2.24, 2.45) is 5.92 Å². The van der Waals surface area contributed by atoms with Crippen LogP contribution in [0.1, 0.15) is 36.6 Å². The second-order valence-corrected chi connectivity index (χ2v) is 7.68. The summed E-state index contributed by atoms with van der Waals surface area (Å²) in [5, 5.41) is 12.6. The standard InChI is InChI=1S/C18H20N4O3S/c1-25-14-7-5-13(6-8-14)22-10-12(9-15(22)23)16(24)19-18-21-20-17(26-18)11-3-2-4-11/h5-8,11-12H,2-4,9-10H2,1H3,(H,19,21,24). The van der Waals surface area contributed by atoms with Gasteiger partial charge >= 0.3 is 0 Å². The van der Waals surface area contributed by atoms with Gasteiger partial charge in [0.25, 0.3) is 0 Å². The summed E-state index contributed by atoms with van der Waals surface area (Å²) in [6.45, 7) is 0.366. The minimum atomic E-state index is -0.388. The highest BCUT2D eigenvalue weighted by Crippen LogP contribution is 2.38. The summed E-state index contributed by atoms with van der Waals surface area (Å²) in [4.78, 5) is 26.5. The molecule has 26 heavy (non-hydrogen) atoms. The second kappa shape index (κ2) is 7.03. The molecule has 1 unspecified atom stereocenters. The minimum Gasteiger partial charge on any atom is -0.497 e. The lowest BCUT2D eigenvalue weighted by Gasteiger charge is -2.21. The molecule has 1 saturated carbocycles. The number of nitrogens with one attached hydrogen (secondary N) is 1. The highest BCUT2D eigenvalue weighted by Gasteiger charge is 2.35. The normalized spacial score (nSPS) is 20.1. The van der Waals surface area contributed by atoms with E-state index in [9.17, 15) is 9.59 Å². The summed E-state index contributed by atoms with van der Waals surface area (Å²) in [5.74, 6) is 0.610. The number of amides is 2. The van der Waals surface area contributed by atoms with Gasteiger partial charge in [-0.3, -0.25) is 9.59 Å². The van der Waals surface area contributed by atoms with E-state index in [0.717, 1.165) is 29.3 Å². The van der Waals surface area contributed by atoms with Crippen molar-refractivity contribution in [2.75, 3.05) is 23.9 Å². The van der Waals surface area contributed by atoms with Gasteiger partial charge in [-0.2, -0.15) is 0 Å². The molecular weight excluding hydrogens is 352 g/mol. The zero-order valence-corrected chi connectivity index (χ0v) is 15.3. The first-order valence-electron chi connectivity index (χ1n) is 8.72. The number of hydrogen-bond donors (Lipinski definition) is 1. The summed E-state index contributed by atoms with van der Waals surface area (Å²) >= 11 is 1.44. The average molecular weight is 372 g/mol. The SMILES string of the molecule is COc1ccc(N2CC(C(=O)Nc3nnc(C4CCC4)s3)CC2=O)cc1. The van der Waals surface area contributed by atoms with Gasteiger partial charge in [-0.1, -0.05) is 17.8 Å². The van der Waals surface area contributed by atoms with Crippen LogP contribution in [0.2, 0.25) is 0 Å². The number of carbonyl (C=O) groups excluding carboxylic acids is 2. The monoisotopic (exact) mass is 372 g/mol. The van der Waals surface area contributed by atoms with Crippen LogP contribution in [0.5, 0.6) is 5.75 Å². The molecule has 1 aliphatic heterocycles. The maximum atomic E-state index is 12.5. The van der Waals surface area contributed by atoms with Gasteiger partial charge in [0, 0.05) is 24.6 Å². The van der Waals surface area contributed by atoms with Crippen molar-refractivity contribution in [2.45, 2.75) is 31.6 Å². The average Bonchev–Trinajstić information content (AvgIpc) is 3.20. The predicted octanol–water partition coefficient (Wildman–Crippen LogP) is 2.81. The van der Waals surface area contributed by atoms with E-state index in [-0.39, 0.29) is 24.2 Å². The van der Waals surface area contributed by atoms with Crippen molar-refractivity contribution in [1.82, 2.24) is 10.2 Å². The Kier molecular flexibility index (Phi) is 4.58. The Morgan fingerprint density at radius 1 is 1.27 bits per heavy atom. The van der Waals surface area contributed by atoms with Crippen LogP contribution in [-0.2, 0) is 9.59 Å². The fourth-order valence-corrected chi connectivity index (χ4v) is 4.12. The quantitative estimate of drug-likeness (QED) is 0.872. The first-order chi connectivity index (χ1) is 12.6. The predicted molar refractivity (Wildman–Crippen MR) is 98.6 cm³/mol. The zero-order valence-electron chi connectivity index (χ0n) is 14.5. The van der Waals surface area contributed by atoms with Crippen LogP contribution in [0.3, 0.4) is 0 Å². The van der Waals surface area contributed by atoms with E-state index in [1.54, 1.807) is 24.1 Å². The number of rotatable bonds is 5. The number of anilines is 2. The maximum Gasteiger partial charge on any atom is 0.231 e. The second-order valence-electron chi connectivity index (χ2n) is 6.67. The number of methoxy groups -OCH3 is 1. The first-order valence-corrected chi connectivity index (χ1v) is 9.54. The Morgan fingerprint density at radius 2 is 2.04 bits per heavy atom. The molecule has 0 spiro atoms. The zero-order chi connectivity index (χ0) is 18.1. The van der Waals surface area contributed by atoms with Crippen LogP contribution in [0, 0.1) is 5.92 Å². The van der Waals surface area contributed by atoms with Gasteiger partial charge in [0.2, 0.25) is 16.9 Å². The first kappa shape index (κ1) is 17.0. The number of hydrogen-bond acceptors (Lipinski definition) is 6. The van der Waals surface area contributed by atoms with Gasteiger partial charge in [-0.05, 0) is 37.1 Å². The molecule has 7 nitrogen and oxygen atoms in total. The van der Waals surface area contributed by atoms with E-state index in [1.165, 1.54) is 17.8 Å². The molecule has 8 heteroatoms. The van der Waals surface area contributed by atoms with E-state index in [2.05, 4.69) is 15.5 Å². The Morgan fingerprint density at radius 3 is 2.69 bits per heavy atom. The van der Waals surface area contributed by atoms with Crippen LogP contribution in [0.15, 0.2) is 24.3 Å². The molecule has 1 aromatic heterocycles. The van der Waals surface area contributed by atoms with E-state index in [0.29, 0.717) is 17.6 Å². The molecule has 136 valence electrons. The van der Waals surface area contributed by atoms with E-state index in [1.807, 2.05) is 12.1 Å². The molecule has 1 saturated heterocycles. The number of nitrogens with zero attached hydrogens (tertiary/aromatic N) is 3.